The van der Waals surface area contributed by atoms with Crippen LogP contribution >= 0.6 is 0 Å². The lowest BCUT2D eigenvalue weighted by Gasteiger charge is -2.08. The summed E-state index contributed by atoms with van der Waals surface area (Å²) in [5.41, 5.74) is 1.85. The predicted molar refractivity (Wildman–Crippen MR) is 61.3 cm³/mol. The van der Waals surface area contributed by atoms with Gasteiger partial charge in [0.05, 0.1) is 7.11 Å². The van der Waals surface area contributed by atoms with Crippen LogP contribution in [-0.2, 0) is 4.79 Å². The number of methoxy groups -OCH3 is 1. The van der Waals surface area contributed by atoms with Crippen molar-refractivity contribution in [1.29, 1.82) is 0 Å². The van der Waals surface area contributed by atoms with E-state index in [1.165, 1.54) is 0 Å². The average Bonchev–Trinajstić information content (AvgIpc) is 2.18. The van der Waals surface area contributed by atoms with E-state index < -0.39 is 0 Å². The summed E-state index contributed by atoms with van der Waals surface area (Å²) in [4.78, 5) is 11.3. The van der Waals surface area contributed by atoms with Crippen molar-refractivity contribution in [3.8, 4) is 5.75 Å². The van der Waals surface area contributed by atoms with Gasteiger partial charge >= 0.3 is 0 Å². The molecule has 0 heterocycles. The molecule has 0 aliphatic heterocycles. The van der Waals surface area contributed by atoms with Gasteiger partial charge in [-0.15, -0.1) is 0 Å². The third-order valence-corrected chi connectivity index (χ3v) is 2.16. The van der Waals surface area contributed by atoms with Crippen molar-refractivity contribution in [3.63, 3.8) is 0 Å². The van der Waals surface area contributed by atoms with Gasteiger partial charge in [-0.3, -0.25) is 4.79 Å². The van der Waals surface area contributed by atoms with Gasteiger partial charge < -0.3 is 10.1 Å². The first-order valence-corrected chi connectivity index (χ1v) is 5.12. The number of anilines is 1. The molecule has 1 rings (SSSR count). The van der Waals surface area contributed by atoms with E-state index in [1.54, 1.807) is 7.11 Å². The SMILES string of the molecule is CCCC(=O)Nc1ccc(OC)c(C)c1. The van der Waals surface area contributed by atoms with Gasteiger partial charge in [0.15, 0.2) is 0 Å². The van der Waals surface area contributed by atoms with Crippen LogP contribution in [0.2, 0.25) is 0 Å². The summed E-state index contributed by atoms with van der Waals surface area (Å²) in [5.74, 6) is 0.894. The maximum atomic E-state index is 11.3. The van der Waals surface area contributed by atoms with Crippen molar-refractivity contribution in [3.05, 3.63) is 23.8 Å². The fraction of sp³-hybridized carbons (Fsp3) is 0.417. The highest BCUT2D eigenvalue weighted by Crippen LogP contribution is 2.21. The first kappa shape index (κ1) is 11.6. The van der Waals surface area contributed by atoms with Gasteiger partial charge in [0.2, 0.25) is 5.91 Å². The molecule has 0 spiro atoms. The second-order valence-electron chi connectivity index (χ2n) is 3.48. The maximum absolute atomic E-state index is 11.3. The lowest BCUT2D eigenvalue weighted by molar-refractivity contribution is -0.116. The molecular weight excluding hydrogens is 190 g/mol. The van der Waals surface area contributed by atoms with E-state index >= 15 is 0 Å². The lowest BCUT2D eigenvalue weighted by atomic mass is 10.2. The Kier molecular flexibility index (Phi) is 4.16. The molecule has 82 valence electrons. The highest BCUT2D eigenvalue weighted by molar-refractivity contribution is 5.90. The summed E-state index contributed by atoms with van der Waals surface area (Å²) in [6.07, 6.45) is 1.42. The number of carbonyl (C=O) groups excluding carboxylic acids is 1. The Labute approximate surface area is 90.4 Å². The fourth-order valence-corrected chi connectivity index (χ4v) is 1.41. The Morgan fingerprint density at radius 3 is 2.73 bits per heavy atom. The smallest absolute Gasteiger partial charge is 0.224 e. The molecule has 1 amide bonds. The third-order valence-electron chi connectivity index (χ3n) is 2.16. The van der Waals surface area contributed by atoms with E-state index in [1.807, 2.05) is 32.0 Å². The molecule has 0 saturated carbocycles. The van der Waals surface area contributed by atoms with Gasteiger partial charge in [-0.1, -0.05) is 6.92 Å². The van der Waals surface area contributed by atoms with Crippen LogP contribution in [0.5, 0.6) is 5.75 Å². The summed E-state index contributed by atoms with van der Waals surface area (Å²) in [6, 6.07) is 5.61. The zero-order valence-electron chi connectivity index (χ0n) is 9.46. The highest BCUT2D eigenvalue weighted by atomic mass is 16.5. The maximum Gasteiger partial charge on any atom is 0.224 e. The molecule has 0 atom stereocenters. The topological polar surface area (TPSA) is 38.3 Å². The quantitative estimate of drug-likeness (QED) is 0.824. The number of hydrogen-bond acceptors (Lipinski definition) is 2. The number of hydrogen-bond donors (Lipinski definition) is 1. The van der Waals surface area contributed by atoms with Crippen molar-refractivity contribution in [1.82, 2.24) is 0 Å². The van der Waals surface area contributed by atoms with Gasteiger partial charge in [0, 0.05) is 12.1 Å². The molecular formula is C12H17NO2. The lowest BCUT2D eigenvalue weighted by Crippen LogP contribution is -2.10. The van der Waals surface area contributed by atoms with Gasteiger partial charge in [-0.05, 0) is 37.1 Å². The first-order valence-electron chi connectivity index (χ1n) is 5.12. The minimum Gasteiger partial charge on any atom is -0.496 e. The summed E-state index contributed by atoms with van der Waals surface area (Å²) < 4.78 is 5.14. The Bertz CT molecular complexity index is 347. The van der Waals surface area contributed by atoms with Crippen molar-refractivity contribution < 1.29 is 9.53 Å². The van der Waals surface area contributed by atoms with Gasteiger partial charge in [-0.25, -0.2) is 0 Å². The molecule has 0 bridgehead atoms. The largest absolute Gasteiger partial charge is 0.496 e. The molecule has 1 aromatic rings. The van der Waals surface area contributed by atoms with Crippen LogP contribution in [0.3, 0.4) is 0 Å². The molecule has 0 saturated heterocycles. The number of amides is 1. The van der Waals surface area contributed by atoms with Crippen LogP contribution in [0.15, 0.2) is 18.2 Å². The average molecular weight is 207 g/mol. The molecule has 0 aliphatic rings. The van der Waals surface area contributed by atoms with E-state index in [0.717, 1.165) is 23.4 Å². The molecule has 0 aromatic heterocycles. The molecule has 3 nitrogen and oxygen atoms in total. The zero-order chi connectivity index (χ0) is 11.3. The molecule has 15 heavy (non-hydrogen) atoms. The van der Waals surface area contributed by atoms with Gasteiger partial charge in [0.1, 0.15) is 5.75 Å². The van der Waals surface area contributed by atoms with Crippen LogP contribution < -0.4 is 10.1 Å². The van der Waals surface area contributed by atoms with Gasteiger partial charge in [-0.2, -0.15) is 0 Å². The van der Waals surface area contributed by atoms with Crippen LogP contribution in [0, 0.1) is 6.92 Å². The monoisotopic (exact) mass is 207 g/mol. The summed E-state index contributed by atoms with van der Waals surface area (Å²) >= 11 is 0. The molecule has 1 aromatic carbocycles. The van der Waals surface area contributed by atoms with E-state index in [9.17, 15) is 4.79 Å². The number of ether oxygens (including phenoxy) is 1. The van der Waals surface area contributed by atoms with Crippen molar-refractivity contribution >= 4 is 11.6 Å². The van der Waals surface area contributed by atoms with Crippen molar-refractivity contribution in [2.24, 2.45) is 0 Å². The number of benzene rings is 1. The molecule has 0 unspecified atom stereocenters. The van der Waals surface area contributed by atoms with Crippen LogP contribution in [0.1, 0.15) is 25.3 Å². The Hall–Kier alpha value is -1.51. The van der Waals surface area contributed by atoms with Crippen LogP contribution in [0.25, 0.3) is 0 Å². The number of carbonyl (C=O) groups is 1. The third kappa shape index (κ3) is 3.27. The Morgan fingerprint density at radius 2 is 2.20 bits per heavy atom. The van der Waals surface area contributed by atoms with E-state index in [2.05, 4.69) is 5.32 Å². The van der Waals surface area contributed by atoms with Crippen molar-refractivity contribution in [2.75, 3.05) is 12.4 Å². The Morgan fingerprint density at radius 1 is 1.47 bits per heavy atom. The fourth-order valence-electron chi connectivity index (χ4n) is 1.41. The molecule has 3 heteroatoms. The minimum absolute atomic E-state index is 0.0575. The summed E-state index contributed by atoms with van der Waals surface area (Å²) in [5, 5.41) is 2.84. The molecule has 0 fully saturated rings. The predicted octanol–water partition coefficient (Wildman–Crippen LogP) is 2.74. The summed E-state index contributed by atoms with van der Waals surface area (Å²) in [7, 11) is 1.64. The van der Waals surface area contributed by atoms with E-state index in [0.29, 0.717) is 6.42 Å². The first-order chi connectivity index (χ1) is 7.17. The second kappa shape index (κ2) is 5.39. The number of aryl methyl sites for hydroxylation is 1. The van der Waals surface area contributed by atoms with E-state index in [4.69, 9.17) is 4.74 Å². The normalized spacial score (nSPS) is 9.80. The van der Waals surface area contributed by atoms with Gasteiger partial charge in [0.25, 0.3) is 0 Å². The van der Waals surface area contributed by atoms with Crippen LogP contribution in [0.4, 0.5) is 5.69 Å². The number of rotatable bonds is 4. The van der Waals surface area contributed by atoms with Crippen molar-refractivity contribution in [2.45, 2.75) is 26.7 Å². The minimum atomic E-state index is 0.0575. The standard InChI is InChI=1S/C12H17NO2/c1-4-5-12(14)13-10-6-7-11(15-3)9(2)8-10/h6-8H,4-5H2,1-3H3,(H,13,14). The molecule has 1 N–H and O–H groups in total. The summed E-state index contributed by atoms with van der Waals surface area (Å²) in [6.45, 7) is 3.94. The van der Waals surface area contributed by atoms with Crippen LogP contribution in [-0.4, -0.2) is 13.0 Å². The molecule has 0 aliphatic carbocycles. The second-order valence-corrected chi connectivity index (χ2v) is 3.48. The Balaban J connectivity index is 2.71. The molecule has 0 radical (unpaired) electrons. The zero-order valence-corrected chi connectivity index (χ0v) is 9.46. The highest BCUT2D eigenvalue weighted by Gasteiger charge is 2.03. The number of nitrogens with one attached hydrogen (secondary N) is 1. The van der Waals surface area contributed by atoms with E-state index in [-0.39, 0.29) is 5.91 Å².